The molecule has 0 unspecified atom stereocenters. The SMILES string of the molecule is CC(C)C(=O)c1cc2ccc(O)cc2oc1=O. The number of aromatic hydroxyl groups is 1. The first kappa shape index (κ1) is 11.4. The van der Waals surface area contributed by atoms with Crippen molar-refractivity contribution in [2.45, 2.75) is 13.8 Å². The molecule has 0 aliphatic carbocycles. The van der Waals surface area contributed by atoms with Crippen molar-refractivity contribution >= 4 is 16.8 Å². The molecule has 0 atom stereocenters. The Hall–Kier alpha value is -2.10. The summed E-state index contributed by atoms with van der Waals surface area (Å²) in [6.45, 7) is 3.45. The van der Waals surface area contributed by atoms with Gasteiger partial charge in [0.15, 0.2) is 5.78 Å². The number of rotatable bonds is 2. The first-order valence-corrected chi connectivity index (χ1v) is 5.30. The topological polar surface area (TPSA) is 67.5 Å². The quantitative estimate of drug-likeness (QED) is 0.637. The van der Waals surface area contributed by atoms with Crippen molar-refractivity contribution in [3.63, 3.8) is 0 Å². The highest BCUT2D eigenvalue weighted by Crippen LogP contribution is 2.20. The normalized spacial score (nSPS) is 11.0. The first-order valence-electron chi connectivity index (χ1n) is 5.30. The average molecular weight is 232 g/mol. The van der Waals surface area contributed by atoms with Crippen LogP contribution in [0.25, 0.3) is 11.0 Å². The fraction of sp³-hybridized carbons (Fsp3) is 0.231. The molecule has 2 aromatic rings. The van der Waals surface area contributed by atoms with Gasteiger partial charge in [0.1, 0.15) is 16.9 Å². The van der Waals surface area contributed by atoms with Crippen molar-refractivity contribution in [3.05, 3.63) is 40.2 Å². The van der Waals surface area contributed by atoms with Crippen LogP contribution in [0, 0.1) is 5.92 Å². The lowest BCUT2D eigenvalue weighted by atomic mass is 10.0. The Kier molecular flexibility index (Phi) is 2.71. The number of phenolic OH excluding ortho intramolecular Hbond substituents is 1. The van der Waals surface area contributed by atoms with E-state index in [0.29, 0.717) is 5.39 Å². The molecule has 0 aliphatic rings. The Morgan fingerprint density at radius 3 is 2.65 bits per heavy atom. The van der Waals surface area contributed by atoms with E-state index in [0.717, 1.165) is 0 Å². The highest BCUT2D eigenvalue weighted by atomic mass is 16.4. The van der Waals surface area contributed by atoms with Crippen LogP contribution in [0.4, 0.5) is 0 Å². The van der Waals surface area contributed by atoms with Crippen molar-refractivity contribution in [1.82, 2.24) is 0 Å². The van der Waals surface area contributed by atoms with E-state index >= 15 is 0 Å². The minimum atomic E-state index is -0.665. The minimum Gasteiger partial charge on any atom is -0.508 e. The zero-order valence-electron chi connectivity index (χ0n) is 9.56. The van der Waals surface area contributed by atoms with Crippen LogP contribution in [0.2, 0.25) is 0 Å². The van der Waals surface area contributed by atoms with Gasteiger partial charge in [0.25, 0.3) is 0 Å². The summed E-state index contributed by atoms with van der Waals surface area (Å²) in [6.07, 6.45) is 0. The van der Waals surface area contributed by atoms with Gasteiger partial charge in [-0.1, -0.05) is 13.8 Å². The van der Waals surface area contributed by atoms with Crippen LogP contribution in [0.5, 0.6) is 5.75 Å². The number of hydrogen-bond acceptors (Lipinski definition) is 4. The van der Waals surface area contributed by atoms with Crippen molar-refractivity contribution in [2.75, 3.05) is 0 Å². The van der Waals surface area contributed by atoms with Crippen LogP contribution in [-0.2, 0) is 0 Å². The summed E-state index contributed by atoms with van der Waals surface area (Å²) in [5.41, 5.74) is -0.338. The molecular weight excluding hydrogens is 220 g/mol. The molecular formula is C13H12O4. The van der Waals surface area contributed by atoms with Crippen LogP contribution >= 0.6 is 0 Å². The molecule has 1 heterocycles. The predicted molar refractivity (Wildman–Crippen MR) is 63.3 cm³/mol. The Labute approximate surface area is 97.5 Å². The van der Waals surface area contributed by atoms with Crippen LogP contribution in [0.3, 0.4) is 0 Å². The molecule has 17 heavy (non-hydrogen) atoms. The summed E-state index contributed by atoms with van der Waals surface area (Å²) in [7, 11) is 0. The summed E-state index contributed by atoms with van der Waals surface area (Å²) in [5.74, 6) is -0.482. The molecule has 4 nitrogen and oxygen atoms in total. The molecule has 0 saturated heterocycles. The zero-order chi connectivity index (χ0) is 12.6. The maximum Gasteiger partial charge on any atom is 0.347 e. The van der Waals surface area contributed by atoms with Crippen LogP contribution in [0.1, 0.15) is 24.2 Å². The fourth-order valence-electron chi connectivity index (χ4n) is 1.58. The van der Waals surface area contributed by atoms with Crippen LogP contribution in [0.15, 0.2) is 33.5 Å². The van der Waals surface area contributed by atoms with Gasteiger partial charge in [0, 0.05) is 17.4 Å². The number of hydrogen-bond donors (Lipinski definition) is 1. The number of Topliss-reactive ketones (excluding diaryl/α,β-unsaturated/α-hetero) is 1. The highest BCUT2D eigenvalue weighted by Gasteiger charge is 2.16. The van der Waals surface area contributed by atoms with Crippen LogP contribution < -0.4 is 5.63 Å². The highest BCUT2D eigenvalue weighted by molar-refractivity contribution is 5.99. The number of benzene rings is 1. The third-order valence-corrected chi connectivity index (χ3v) is 2.51. The number of fused-ring (bicyclic) bond motifs is 1. The van der Waals surface area contributed by atoms with Gasteiger partial charge in [-0.3, -0.25) is 4.79 Å². The fourth-order valence-corrected chi connectivity index (χ4v) is 1.58. The Morgan fingerprint density at radius 1 is 1.29 bits per heavy atom. The second-order valence-electron chi connectivity index (χ2n) is 4.19. The Morgan fingerprint density at radius 2 is 2.00 bits per heavy atom. The van der Waals surface area contributed by atoms with Crippen molar-refractivity contribution < 1.29 is 14.3 Å². The van der Waals surface area contributed by atoms with Gasteiger partial charge in [0.05, 0.1) is 0 Å². The lowest BCUT2D eigenvalue weighted by Crippen LogP contribution is -2.17. The summed E-state index contributed by atoms with van der Waals surface area (Å²) >= 11 is 0. The van der Waals surface area contributed by atoms with Gasteiger partial charge >= 0.3 is 5.63 Å². The van der Waals surface area contributed by atoms with E-state index in [9.17, 15) is 14.7 Å². The molecule has 2 rings (SSSR count). The third kappa shape index (κ3) is 2.06. The molecule has 0 aliphatic heterocycles. The van der Waals surface area contributed by atoms with E-state index in [1.807, 2.05) is 0 Å². The van der Waals surface area contributed by atoms with E-state index in [-0.39, 0.29) is 28.6 Å². The second kappa shape index (κ2) is 4.05. The molecule has 0 amide bonds. The van der Waals surface area contributed by atoms with Crippen LogP contribution in [-0.4, -0.2) is 10.9 Å². The van der Waals surface area contributed by atoms with Gasteiger partial charge in [-0.25, -0.2) is 4.79 Å². The molecule has 0 fully saturated rings. The molecule has 88 valence electrons. The van der Waals surface area contributed by atoms with E-state index in [4.69, 9.17) is 4.42 Å². The Balaban J connectivity index is 2.68. The average Bonchev–Trinajstić information content (AvgIpc) is 2.27. The maximum absolute atomic E-state index is 11.8. The summed E-state index contributed by atoms with van der Waals surface area (Å²) < 4.78 is 5.01. The third-order valence-electron chi connectivity index (χ3n) is 2.51. The molecule has 0 spiro atoms. The number of ketones is 1. The summed E-state index contributed by atoms with van der Waals surface area (Å²) in [6, 6.07) is 5.93. The maximum atomic E-state index is 11.8. The standard InChI is InChI=1S/C13H12O4/c1-7(2)12(15)10-5-8-3-4-9(14)6-11(8)17-13(10)16/h3-7,14H,1-2H3. The van der Waals surface area contributed by atoms with Crippen molar-refractivity contribution in [2.24, 2.45) is 5.92 Å². The first-order chi connectivity index (χ1) is 7.99. The predicted octanol–water partition coefficient (Wildman–Crippen LogP) is 2.34. The molecule has 0 saturated carbocycles. The van der Waals surface area contributed by atoms with E-state index in [2.05, 4.69) is 0 Å². The lowest BCUT2D eigenvalue weighted by Gasteiger charge is -2.04. The Bertz CT molecular complexity index is 637. The van der Waals surface area contributed by atoms with Gasteiger partial charge in [-0.15, -0.1) is 0 Å². The molecule has 0 bridgehead atoms. The monoisotopic (exact) mass is 232 g/mol. The van der Waals surface area contributed by atoms with Gasteiger partial charge in [0.2, 0.25) is 0 Å². The van der Waals surface area contributed by atoms with E-state index in [1.54, 1.807) is 19.9 Å². The molecule has 4 heteroatoms. The molecule has 0 radical (unpaired) electrons. The molecule has 1 N–H and O–H groups in total. The van der Waals surface area contributed by atoms with E-state index in [1.165, 1.54) is 18.2 Å². The summed E-state index contributed by atoms with van der Waals surface area (Å²) in [4.78, 5) is 23.4. The van der Waals surface area contributed by atoms with Crippen molar-refractivity contribution in [1.29, 1.82) is 0 Å². The number of carbonyl (C=O) groups excluding carboxylic acids is 1. The molecule has 1 aromatic heterocycles. The van der Waals surface area contributed by atoms with E-state index < -0.39 is 5.63 Å². The van der Waals surface area contributed by atoms with Crippen molar-refractivity contribution in [3.8, 4) is 5.75 Å². The molecule has 1 aromatic carbocycles. The smallest absolute Gasteiger partial charge is 0.347 e. The largest absolute Gasteiger partial charge is 0.508 e. The second-order valence-corrected chi connectivity index (χ2v) is 4.19. The summed E-state index contributed by atoms with van der Waals surface area (Å²) in [5, 5.41) is 9.88. The minimum absolute atomic E-state index is 0.0172. The zero-order valence-corrected chi connectivity index (χ0v) is 9.56. The number of carbonyl (C=O) groups is 1. The van der Waals surface area contributed by atoms with Gasteiger partial charge in [-0.05, 0) is 18.2 Å². The van der Waals surface area contributed by atoms with Gasteiger partial charge < -0.3 is 9.52 Å². The number of phenols is 1. The van der Waals surface area contributed by atoms with Gasteiger partial charge in [-0.2, -0.15) is 0 Å². The lowest BCUT2D eigenvalue weighted by molar-refractivity contribution is 0.0936.